The number of hydrogen-bond donors (Lipinski definition) is 0. The first-order valence-electron chi connectivity index (χ1n) is 12.6. The summed E-state index contributed by atoms with van der Waals surface area (Å²) in [6.45, 7) is 3.72. The molecule has 0 N–H and O–H groups in total. The Labute approximate surface area is 202 Å². The molecule has 0 atom stereocenters. The summed E-state index contributed by atoms with van der Waals surface area (Å²) >= 11 is 0. The summed E-state index contributed by atoms with van der Waals surface area (Å²) in [5.41, 5.74) is 0.668. The Balaban J connectivity index is 1.65. The molecule has 1 fully saturated rings. The average Bonchev–Trinajstić information content (AvgIpc) is 3.32. The monoisotopic (exact) mass is 498 g/mol. The fourth-order valence-electron chi connectivity index (χ4n) is 5.44. The highest BCUT2D eigenvalue weighted by molar-refractivity contribution is 5.51. The van der Waals surface area contributed by atoms with E-state index in [1.54, 1.807) is 0 Å². The number of fused-ring (bicyclic) bond motifs is 1. The third-order valence-electron chi connectivity index (χ3n) is 7.32. The van der Waals surface area contributed by atoms with E-state index in [9.17, 15) is 26.3 Å². The average molecular weight is 499 g/mol. The lowest BCUT2D eigenvalue weighted by Gasteiger charge is -2.29. The molecule has 2 nitrogen and oxygen atoms in total. The van der Waals surface area contributed by atoms with Crippen molar-refractivity contribution in [3.63, 3.8) is 0 Å². The fourth-order valence-corrected chi connectivity index (χ4v) is 5.44. The summed E-state index contributed by atoms with van der Waals surface area (Å²) in [6, 6.07) is 3.98. The summed E-state index contributed by atoms with van der Waals surface area (Å²) in [7, 11) is 0. The second-order valence-corrected chi connectivity index (χ2v) is 9.89. The van der Waals surface area contributed by atoms with Crippen LogP contribution in [0.5, 0.6) is 0 Å². The molecule has 2 aliphatic carbocycles. The molecule has 192 valence electrons. The topological polar surface area (TPSA) is 16.1 Å². The van der Waals surface area contributed by atoms with Crippen molar-refractivity contribution in [3.8, 4) is 0 Å². The molecule has 0 amide bonds. The molecule has 4 rings (SSSR count). The maximum absolute atomic E-state index is 13.3. The molecule has 0 saturated heterocycles. The molecule has 2 aliphatic rings. The lowest BCUT2D eigenvalue weighted by Crippen LogP contribution is -2.31. The zero-order chi connectivity index (χ0) is 25.2. The molecular formula is C27H32F6N2. The van der Waals surface area contributed by atoms with Crippen LogP contribution >= 0.6 is 0 Å². The van der Waals surface area contributed by atoms with Crippen molar-refractivity contribution in [2.45, 2.75) is 83.5 Å². The lowest BCUT2D eigenvalue weighted by atomic mass is 9.92. The second kappa shape index (κ2) is 10.4. The number of hydrogen-bond acceptors (Lipinski definition) is 2. The van der Waals surface area contributed by atoms with Gasteiger partial charge in [0.1, 0.15) is 5.82 Å². The molecule has 0 bridgehead atoms. The molecular weight excluding hydrogens is 466 g/mol. The summed E-state index contributed by atoms with van der Waals surface area (Å²) in [5, 5.41) is 0. The van der Waals surface area contributed by atoms with Crippen LogP contribution < -0.4 is 4.90 Å². The van der Waals surface area contributed by atoms with Gasteiger partial charge in [-0.3, -0.25) is 0 Å². The zero-order valence-electron chi connectivity index (χ0n) is 20.0. The van der Waals surface area contributed by atoms with Crippen LogP contribution in [0.25, 0.3) is 0 Å². The molecule has 0 radical (unpaired) electrons. The van der Waals surface area contributed by atoms with Gasteiger partial charge in [0.2, 0.25) is 0 Å². The van der Waals surface area contributed by atoms with E-state index >= 15 is 0 Å². The van der Waals surface area contributed by atoms with Crippen molar-refractivity contribution < 1.29 is 26.3 Å². The summed E-state index contributed by atoms with van der Waals surface area (Å²) in [6.07, 6.45) is -0.470. The predicted molar refractivity (Wildman–Crippen MR) is 125 cm³/mol. The van der Waals surface area contributed by atoms with Gasteiger partial charge in [0.15, 0.2) is 0 Å². The van der Waals surface area contributed by atoms with Crippen LogP contribution in [0, 0.1) is 5.92 Å². The molecule has 1 heterocycles. The number of aryl methyl sites for hydroxylation is 4. The zero-order valence-corrected chi connectivity index (χ0v) is 20.0. The summed E-state index contributed by atoms with van der Waals surface area (Å²) in [5.74, 6) is 1.45. The van der Waals surface area contributed by atoms with Crippen molar-refractivity contribution >= 4 is 5.82 Å². The van der Waals surface area contributed by atoms with Crippen molar-refractivity contribution in [3.05, 3.63) is 57.8 Å². The SMILES string of the molecule is CCN(CC1CCCC1)c1nc2c(cc1CCc1cc(C(F)(F)F)cc(C(F)(F)F)c1)CCCC2. The van der Waals surface area contributed by atoms with Gasteiger partial charge < -0.3 is 4.90 Å². The molecule has 2 aromatic rings. The van der Waals surface area contributed by atoms with Crippen LogP contribution in [-0.2, 0) is 38.0 Å². The highest BCUT2D eigenvalue weighted by Gasteiger charge is 2.37. The molecule has 0 aliphatic heterocycles. The van der Waals surface area contributed by atoms with E-state index in [0.29, 0.717) is 12.3 Å². The minimum absolute atomic E-state index is 0.0367. The predicted octanol–water partition coefficient (Wildman–Crippen LogP) is 7.80. The number of nitrogens with zero attached hydrogens (tertiary/aromatic N) is 2. The van der Waals surface area contributed by atoms with Gasteiger partial charge in [0.05, 0.1) is 11.1 Å². The van der Waals surface area contributed by atoms with Crippen molar-refractivity contribution in [2.24, 2.45) is 5.92 Å². The van der Waals surface area contributed by atoms with Gasteiger partial charge in [-0.05, 0) is 99.1 Å². The Hall–Kier alpha value is -2.25. The van der Waals surface area contributed by atoms with Gasteiger partial charge in [-0.2, -0.15) is 26.3 Å². The minimum atomic E-state index is -4.84. The Morgan fingerprint density at radius 2 is 1.46 bits per heavy atom. The summed E-state index contributed by atoms with van der Waals surface area (Å²) < 4.78 is 79.9. The molecule has 1 saturated carbocycles. The van der Waals surface area contributed by atoms with E-state index in [2.05, 4.69) is 17.9 Å². The van der Waals surface area contributed by atoms with Crippen LogP contribution in [0.15, 0.2) is 24.3 Å². The largest absolute Gasteiger partial charge is 0.416 e. The Morgan fingerprint density at radius 3 is 2.06 bits per heavy atom. The van der Waals surface area contributed by atoms with Gasteiger partial charge in [-0.25, -0.2) is 4.98 Å². The van der Waals surface area contributed by atoms with Gasteiger partial charge in [-0.15, -0.1) is 0 Å². The second-order valence-electron chi connectivity index (χ2n) is 9.89. The number of pyridine rings is 1. The van der Waals surface area contributed by atoms with Crippen LogP contribution in [0.4, 0.5) is 32.2 Å². The number of halogens is 6. The third-order valence-corrected chi connectivity index (χ3v) is 7.32. The van der Waals surface area contributed by atoms with Gasteiger partial charge >= 0.3 is 12.4 Å². The number of alkyl halides is 6. The smallest absolute Gasteiger partial charge is 0.356 e. The normalized spacial score (nSPS) is 17.0. The maximum atomic E-state index is 13.3. The molecule has 0 spiro atoms. The first kappa shape index (κ1) is 25.8. The number of benzene rings is 1. The van der Waals surface area contributed by atoms with E-state index in [1.807, 2.05) is 0 Å². The quantitative estimate of drug-likeness (QED) is 0.362. The van der Waals surface area contributed by atoms with Gasteiger partial charge in [-0.1, -0.05) is 18.9 Å². The van der Waals surface area contributed by atoms with Crippen LogP contribution in [0.1, 0.15) is 79.0 Å². The van der Waals surface area contributed by atoms with E-state index in [0.717, 1.165) is 73.5 Å². The van der Waals surface area contributed by atoms with Crippen LogP contribution in [-0.4, -0.2) is 18.1 Å². The fraction of sp³-hybridized carbons (Fsp3) is 0.593. The first-order valence-corrected chi connectivity index (χ1v) is 12.6. The number of aromatic nitrogens is 1. The van der Waals surface area contributed by atoms with Crippen LogP contribution in [0.2, 0.25) is 0 Å². The minimum Gasteiger partial charge on any atom is -0.356 e. The third kappa shape index (κ3) is 6.31. The van der Waals surface area contributed by atoms with E-state index in [1.165, 1.54) is 25.7 Å². The van der Waals surface area contributed by atoms with Crippen LogP contribution in [0.3, 0.4) is 0 Å². The molecule has 8 heteroatoms. The molecule has 0 unspecified atom stereocenters. The number of anilines is 1. The summed E-state index contributed by atoms with van der Waals surface area (Å²) in [4.78, 5) is 7.28. The Bertz CT molecular complexity index is 989. The van der Waals surface area contributed by atoms with Gasteiger partial charge in [0, 0.05) is 18.8 Å². The molecule has 35 heavy (non-hydrogen) atoms. The van der Waals surface area contributed by atoms with E-state index in [4.69, 9.17) is 4.98 Å². The Morgan fingerprint density at radius 1 is 0.829 bits per heavy atom. The number of rotatable bonds is 7. The van der Waals surface area contributed by atoms with Gasteiger partial charge in [0.25, 0.3) is 0 Å². The lowest BCUT2D eigenvalue weighted by molar-refractivity contribution is -0.143. The highest BCUT2D eigenvalue weighted by Crippen LogP contribution is 2.37. The van der Waals surface area contributed by atoms with E-state index in [-0.39, 0.29) is 18.1 Å². The van der Waals surface area contributed by atoms with Crippen molar-refractivity contribution in [2.75, 3.05) is 18.0 Å². The molecule has 1 aromatic carbocycles. The Kier molecular flexibility index (Phi) is 7.67. The van der Waals surface area contributed by atoms with Crippen molar-refractivity contribution in [1.29, 1.82) is 0 Å². The first-order chi connectivity index (χ1) is 16.5. The van der Waals surface area contributed by atoms with E-state index < -0.39 is 23.5 Å². The standard InChI is InChI=1S/C27H32F6N2/c1-2-35(17-18-7-3-4-8-18)25-21(15-20-9-5-6-10-24(20)34-25)12-11-19-13-22(26(28,29)30)16-23(14-19)27(31,32)33/h13-16,18H,2-12,17H2,1H3. The maximum Gasteiger partial charge on any atom is 0.416 e. The van der Waals surface area contributed by atoms with Crippen molar-refractivity contribution in [1.82, 2.24) is 4.98 Å². The molecule has 1 aromatic heterocycles. The highest BCUT2D eigenvalue weighted by atomic mass is 19.4.